The zero-order valence-electron chi connectivity index (χ0n) is 12.3. The van der Waals surface area contributed by atoms with Crippen LogP contribution in [0.25, 0.3) is 0 Å². The Kier molecular flexibility index (Phi) is 3.32. The number of hydrogen-bond acceptors (Lipinski definition) is 8. The highest BCUT2D eigenvalue weighted by molar-refractivity contribution is 5.99. The molecular formula is C14H12N4O5. The number of rotatable bonds is 2. The van der Waals surface area contributed by atoms with Crippen LogP contribution in [0.15, 0.2) is 35.3 Å². The van der Waals surface area contributed by atoms with E-state index in [0.717, 1.165) is 0 Å². The van der Waals surface area contributed by atoms with Crippen molar-refractivity contribution in [2.75, 3.05) is 0 Å². The molecule has 118 valence electrons. The molecule has 0 saturated carbocycles. The molecule has 2 aromatic rings. The molecule has 0 aliphatic carbocycles. The molecule has 0 bridgehead atoms. The third-order valence-corrected chi connectivity index (χ3v) is 2.96. The SMILES string of the molecule is CC1(C)N=C(Oc2ccc(O)nn2)c2cc([N+](=O)[O-])ccc2O1. The Morgan fingerprint density at radius 3 is 2.70 bits per heavy atom. The predicted molar refractivity (Wildman–Crippen MR) is 78.7 cm³/mol. The monoisotopic (exact) mass is 316 g/mol. The van der Waals surface area contributed by atoms with Crippen LogP contribution >= 0.6 is 0 Å². The number of aromatic nitrogens is 2. The molecule has 3 rings (SSSR count). The Morgan fingerprint density at radius 2 is 2.04 bits per heavy atom. The van der Waals surface area contributed by atoms with Gasteiger partial charge in [0.05, 0.1) is 10.5 Å². The molecule has 0 fully saturated rings. The summed E-state index contributed by atoms with van der Waals surface area (Å²) in [6.07, 6.45) is 0. The minimum Gasteiger partial charge on any atom is -0.492 e. The van der Waals surface area contributed by atoms with Crippen LogP contribution in [0.4, 0.5) is 5.69 Å². The summed E-state index contributed by atoms with van der Waals surface area (Å²) in [6.45, 7) is 3.45. The Morgan fingerprint density at radius 1 is 1.26 bits per heavy atom. The molecule has 0 amide bonds. The second-order valence-electron chi connectivity index (χ2n) is 5.24. The van der Waals surface area contributed by atoms with Gasteiger partial charge in [0.1, 0.15) is 5.75 Å². The van der Waals surface area contributed by atoms with E-state index in [9.17, 15) is 10.1 Å². The summed E-state index contributed by atoms with van der Waals surface area (Å²) in [5.41, 5.74) is -0.670. The Hall–Kier alpha value is -3.23. The van der Waals surface area contributed by atoms with Crippen LogP contribution in [0.1, 0.15) is 19.4 Å². The van der Waals surface area contributed by atoms with Gasteiger partial charge in [0.2, 0.25) is 17.7 Å². The Labute approximate surface area is 130 Å². The fourth-order valence-corrected chi connectivity index (χ4v) is 2.03. The molecule has 9 nitrogen and oxygen atoms in total. The number of benzene rings is 1. The zero-order chi connectivity index (χ0) is 16.6. The number of nitrogens with zero attached hydrogens (tertiary/aromatic N) is 4. The van der Waals surface area contributed by atoms with Crippen LogP contribution < -0.4 is 9.47 Å². The van der Waals surface area contributed by atoms with Crippen molar-refractivity contribution in [1.82, 2.24) is 10.2 Å². The molecule has 0 saturated heterocycles. The second kappa shape index (κ2) is 5.20. The topological polar surface area (TPSA) is 120 Å². The van der Waals surface area contributed by atoms with E-state index in [0.29, 0.717) is 11.3 Å². The van der Waals surface area contributed by atoms with Gasteiger partial charge in [-0.3, -0.25) is 10.1 Å². The molecule has 0 atom stereocenters. The van der Waals surface area contributed by atoms with E-state index < -0.39 is 10.6 Å². The first-order valence-corrected chi connectivity index (χ1v) is 6.62. The van der Waals surface area contributed by atoms with E-state index in [4.69, 9.17) is 14.6 Å². The van der Waals surface area contributed by atoms with Gasteiger partial charge in [-0.25, -0.2) is 4.99 Å². The fourth-order valence-electron chi connectivity index (χ4n) is 2.03. The number of fused-ring (bicyclic) bond motifs is 1. The second-order valence-corrected chi connectivity index (χ2v) is 5.24. The van der Waals surface area contributed by atoms with Crippen LogP contribution in [-0.4, -0.2) is 31.8 Å². The molecule has 1 aromatic carbocycles. The number of hydrogen-bond donors (Lipinski definition) is 1. The maximum absolute atomic E-state index is 11.0. The molecule has 1 aromatic heterocycles. The summed E-state index contributed by atoms with van der Waals surface area (Å²) >= 11 is 0. The quantitative estimate of drug-likeness (QED) is 0.664. The molecule has 1 aliphatic heterocycles. The summed E-state index contributed by atoms with van der Waals surface area (Å²) in [6, 6.07) is 6.87. The number of non-ortho nitro benzene ring substituents is 1. The zero-order valence-corrected chi connectivity index (χ0v) is 12.3. The van der Waals surface area contributed by atoms with E-state index >= 15 is 0 Å². The van der Waals surface area contributed by atoms with Gasteiger partial charge in [0.15, 0.2) is 5.72 Å². The van der Waals surface area contributed by atoms with E-state index in [1.165, 1.54) is 30.3 Å². The number of ether oxygens (including phenoxy) is 2. The number of nitro benzene ring substituents is 1. The van der Waals surface area contributed by atoms with Gasteiger partial charge in [-0.1, -0.05) is 0 Å². The van der Waals surface area contributed by atoms with Gasteiger partial charge in [-0.05, 0) is 19.9 Å². The summed E-state index contributed by atoms with van der Waals surface area (Å²) in [4.78, 5) is 14.7. The van der Waals surface area contributed by atoms with Crippen molar-refractivity contribution in [3.63, 3.8) is 0 Å². The van der Waals surface area contributed by atoms with Crippen molar-refractivity contribution < 1.29 is 19.5 Å². The molecule has 0 radical (unpaired) electrons. The van der Waals surface area contributed by atoms with Crippen molar-refractivity contribution in [3.05, 3.63) is 46.0 Å². The molecule has 2 heterocycles. The largest absolute Gasteiger partial charge is 0.492 e. The van der Waals surface area contributed by atoms with Crippen molar-refractivity contribution in [1.29, 1.82) is 0 Å². The van der Waals surface area contributed by atoms with Crippen molar-refractivity contribution in [2.24, 2.45) is 4.99 Å². The molecule has 1 aliphatic rings. The van der Waals surface area contributed by atoms with Crippen LogP contribution in [0.5, 0.6) is 17.5 Å². The molecule has 0 spiro atoms. The fraction of sp³-hybridized carbons (Fsp3) is 0.214. The highest BCUT2D eigenvalue weighted by Crippen LogP contribution is 2.33. The number of aliphatic imine (C=N–C) groups is 1. The van der Waals surface area contributed by atoms with Gasteiger partial charge in [-0.15, -0.1) is 10.2 Å². The summed E-state index contributed by atoms with van der Waals surface area (Å²) in [5, 5.41) is 27.2. The van der Waals surface area contributed by atoms with Crippen LogP contribution in [-0.2, 0) is 0 Å². The number of aromatic hydroxyl groups is 1. The van der Waals surface area contributed by atoms with Crippen LogP contribution in [0, 0.1) is 10.1 Å². The average molecular weight is 316 g/mol. The predicted octanol–water partition coefficient (Wildman–Crippen LogP) is 2.04. The Bertz CT molecular complexity index is 801. The van der Waals surface area contributed by atoms with Crippen molar-refractivity contribution in [3.8, 4) is 17.5 Å². The first-order valence-electron chi connectivity index (χ1n) is 6.62. The van der Waals surface area contributed by atoms with Gasteiger partial charge < -0.3 is 14.6 Å². The minimum atomic E-state index is -0.900. The lowest BCUT2D eigenvalue weighted by Gasteiger charge is -2.29. The van der Waals surface area contributed by atoms with E-state index in [-0.39, 0.29) is 23.3 Å². The maximum Gasteiger partial charge on any atom is 0.270 e. The van der Waals surface area contributed by atoms with E-state index in [2.05, 4.69) is 15.2 Å². The lowest BCUT2D eigenvalue weighted by atomic mass is 10.1. The van der Waals surface area contributed by atoms with Gasteiger partial charge in [-0.2, -0.15) is 0 Å². The average Bonchev–Trinajstić information content (AvgIpc) is 2.48. The Balaban J connectivity index is 2.03. The van der Waals surface area contributed by atoms with Crippen LogP contribution in [0.3, 0.4) is 0 Å². The summed E-state index contributed by atoms with van der Waals surface area (Å²) in [5.74, 6) is 0.386. The lowest BCUT2D eigenvalue weighted by molar-refractivity contribution is -0.384. The van der Waals surface area contributed by atoms with E-state index in [1.807, 2.05) is 0 Å². The van der Waals surface area contributed by atoms with Crippen molar-refractivity contribution >= 4 is 11.6 Å². The highest BCUT2D eigenvalue weighted by atomic mass is 16.6. The van der Waals surface area contributed by atoms with Gasteiger partial charge >= 0.3 is 0 Å². The van der Waals surface area contributed by atoms with E-state index in [1.54, 1.807) is 13.8 Å². The minimum absolute atomic E-state index is 0.0942. The molecule has 1 N–H and O–H groups in total. The summed E-state index contributed by atoms with van der Waals surface area (Å²) in [7, 11) is 0. The molecule has 23 heavy (non-hydrogen) atoms. The van der Waals surface area contributed by atoms with Crippen molar-refractivity contribution in [2.45, 2.75) is 19.6 Å². The van der Waals surface area contributed by atoms with Gasteiger partial charge in [0.25, 0.3) is 5.69 Å². The lowest BCUT2D eigenvalue weighted by Crippen LogP contribution is -2.34. The molecular weight excluding hydrogens is 304 g/mol. The third-order valence-electron chi connectivity index (χ3n) is 2.96. The number of nitro groups is 1. The molecule has 0 unspecified atom stereocenters. The van der Waals surface area contributed by atoms with Gasteiger partial charge in [0, 0.05) is 24.3 Å². The third kappa shape index (κ3) is 3.03. The smallest absolute Gasteiger partial charge is 0.270 e. The summed E-state index contributed by atoms with van der Waals surface area (Å²) < 4.78 is 11.2. The first-order chi connectivity index (χ1) is 10.8. The molecule has 9 heteroatoms. The maximum atomic E-state index is 11.0. The van der Waals surface area contributed by atoms with Crippen LogP contribution in [0.2, 0.25) is 0 Å². The standard InChI is InChI=1S/C14H12N4O5/c1-14(2)15-13(22-12-6-5-11(19)16-17-12)9-7-8(18(20)21)3-4-10(9)23-14/h3-7H,1-2H3,(H,16,19). The highest BCUT2D eigenvalue weighted by Gasteiger charge is 2.31. The first kappa shape index (κ1) is 14.7. The normalized spacial score (nSPS) is 15.1.